The van der Waals surface area contributed by atoms with Crippen molar-refractivity contribution >= 4 is 21.6 Å². The molecule has 0 radical (unpaired) electrons. The Morgan fingerprint density at radius 3 is 2.17 bits per heavy atom. The molecule has 3 rings (SSSR count). The SMILES string of the molecule is COc1ccc(S(=O)(=O)N(CC(=O)NC(C)COc2ccc(C)cc2)c2ccccc2OC)cc1. The third-order valence-electron chi connectivity index (χ3n) is 5.22. The maximum Gasteiger partial charge on any atom is 0.264 e. The third kappa shape index (κ3) is 6.66. The molecule has 0 fully saturated rings. The molecule has 0 heterocycles. The van der Waals surface area contributed by atoms with Gasteiger partial charge < -0.3 is 19.5 Å². The van der Waals surface area contributed by atoms with E-state index in [1.807, 2.05) is 31.2 Å². The number of nitrogens with zero attached hydrogens (tertiary/aromatic N) is 1. The number of benzene rings is 3. The Balaban J connectivity index is 1.79. The fourth-order valence-electron chi connectivity index (χ4n) is 3.36. The molecule has 1 amide bonds. The Morgan fingerprint density at radius 2 is 1.54 bits per heavy atom. The molecule has 35 heavy (non-hydrogen) atoms. The van der Waals surface area contributed by atoms with Gasteiger partial charge in [0.1, 0.15) is 30.4 Å². The van der Waals surface area contributed by atoms with Crippen LogP contribution in [0.15, 0.2) is 77.7 Å². The smallest absolute Gasteiger partial charge is 0.264 e. The molecule has 3 aromatic carbocycles. The summed E-state index contributed by atoms with van der Waals surface area (Å²) in [6, 6.07) is 19.9. The van der Waals surface area contributed by atoms with Crippen LogP contribution in [-0.2, 0) is 14.8 Å². The van der Waals surface area contributed by atoms with Crippen molar-refractivity contribution in [3.63, 3.8) is 0 Å². The van der Waals surface area contributed by atoms with Crippen LogP contribution in [0.3, 0.4) is 0 Å². The van der Waals surface area contributed by atoms with Crippen molar-refractivity contribution in [3.05, 3.63) is 78.4 Å². The van der Waals surface area contributed by atoms with Crippen LogP contribution in [0.4, 0.5) is 5.69 Å². The van der Waals surface area contributed by atoms with Crippen molar-refractivity contribution in [3.8, 4) is 17.2 Å². The van der Waals surface area contributed by atoms with Gasteiger partial charge in [0.15, 0.2) is 0 Å². The van der Waals surface area contributed by atoms with Crippen LogP contribution in [-0.4, -0.2) is 47.7 Å². The summed E-state index contributed by atoms with van der Waals surface area (Å²) in [6.07, 6.45) is 0. The molecule has 8 nitrogen and oxygen atoms in total. The van der Waals surface area contributed by atoms with Crippen LogP contribution >= 0.6 is 0 Å². The minimum atomic E-state index is -4.10. The Morgan fingerprint density at radius 1 is 0.914 bits per heavy atom. The largest absolute Gasteiger partial charge is 0.497 e. The number of sulfonamides is 1. The second kappa shape index (κ2) is 11.6. The molecule has 0 aliphatic carbocycles. The molecule has 0 aromatic heterocycles. The number of carbonyl (C=O) groups is 1. The van der Waals surface area contributed by atoms with E-state index in [9.17, 15) is 13.2 Å². The lowest BCUT2D eigenvalue weighted by Gasteiger charge is -2.26. The molecular formula is C26H30N2O6S. The van der Waals surface area contributed by atoms with Crippen LogP contribution in [0.1, 0.15) is 12.5 Å². The van der Waals surface area contributed by atoms with E-state index in [4.69, 9.17) is 14.2 Å². The highest BCUT2D eigenvalue weighted by atomic mass is 32.2. The fourth-order valence-corrected chi connectivity index (χ4v) is 4.79. The second-order valence-corrected chi connectivity index (χ2v) is 9.81. The van der Waals surface area contributed by atoms with E-state index in [2.05, 4.69) is 5.32 Å². The first-order chi connectivity index (χ1) is 16.7. The van der Waals surface area contributed by atoms with Gasteiger partial charge >= 0.3 is 0 Å². The normalized spacial score (nSPS) is 11.9. The summed E-state index contributed by atoms with van der Waals surface area (Å²) in [5.74, 6) is 1.06. The van der Waals surface area contributed by atoms with Gasteiger partial charge in [0.2, 0.25) is 5.91 Å². The summed E-state index contributed by atoms with van der Waals surface area (Å²) in [7, 11) is -1.15. The average Bonchev–Trinajstić information content (AvgIpc) is 2.87. The maximum absolute atomic E-state index is 13.6. The van der Waals surface area contributed by atoms with Crippen LogP contribution in [0.5, 0.6) is 17.2 Å². The molecule has 0 saturated carbocycles. The number of ether oxygens (including phenoxy) is 3. The predicted octanol–water partition coefficient (Wildman–Crippen LogP) is 3.79. The molecule has 0 saturated heterocycles. The van der Waals surface area contributed by atoms with Gasteiger partial charge in [-0.25, -0.2) is 8.42 Å². The van der Waals surface area contributed by atoms with Gasteiger partial charge in [0.05, 0.1) is 30.8 Å². The number of hydrogen-bond acceptors (Lipinski definition) is 6. The molecule has 186 valence electrons. The number of methoxy groups -OCH3 is 2. The van der Waals surface area contributed by atoms with Crippen molar-refractivity contribution in [1.82, 2.24) is 5.32 Å². The minimum Gasteiger partial charge on any atom is -0.497 e. The molecular weight excluding hydrogens is 468 g/mol. The van der Waals surface area contributed by atoms with Crippen molar-refractivity contribution < 1.29 is 27.4 Å². The number of carbonyl (C=O) groups excluding carboxylic acids is 1. The zero-order valence-corrected chi connectivity index (χ0v) is 21.0. The van der Waals surface area contributed by atoms with Crippen molar-refractivity contribution in [2.75, 3.05) is 31.7 Å². The van der Waals surface area contributed by atoms with Gasteiger partial charge in [-0.3, -0.25) is 9.10 Å². The molecule has 0 aliphatic heterocycles. The minimum absolute atomic E-state index is 0.0211. The lowest BCUT2D eigenvalue weighted by molar-refractivity contribution is -0.120. The first-order valence-electron chi connectivity index (χ1n) is 11.0. The summed E-state index contributed by atoms with van der Waals surface area (Å²) in [4.78, 5) is 13.0. The number of aryl methyl sites for hydroxylation is 1. The standard InChI is InChI=1S/C26H30N2O6S/c1-19-9-11-22(12-10-19)34-18-20(2)27-26(29)17-28(24-7-5-6-8-25(24)33-4)35(30,31)23-15-13-21(32-3)14-16-23/h5-16,20H,17-18H2,1-4H3,(H,27,29). The quantitative estimate of drug-likeness (QED) is 0.432. The number of rotatable bonds is 11. The molecule has 0 bridgehead atoms. The Kier molecular flexibility index (Phi) is 8.59. The number of para-hydroxylation sites is 2. The summed E-state index contributed by atoms with van der Waals surface area (Å²) < 4.78 is 44.4. The van der Waals surface area contributed by atoms with Crippen molar-refractivity contribution in [1.29, 1.82) is 0 Å². The number of amides is 1. The van der Waals surface area contributed by atoms with E-state index in [1.54, 1.807) is 43.3 Å². The third-order valence-corrected chi connectivity index (χ3v) is 6.99. The molecule has 0 aliphatic rings. The highest BCUT2D eigenvalue weighted by Crippen LogP contribution is 2.32. The Bertz CT molecular complexity index is 1230. The van der Waals surface area contributed by atoms with Gasteiger partial charge in [-0.05, 0) is 62.4 Å². The lowest BCUT2D eigenvalue weighted by Crippen LogP contribution is -2.45. The van der Waals surface area contributed by atoms with Crippen molar-refractivity contribution in [2.24, 2.45) is 0 Å². The van der Waals surface area contributed by atoms with Gasteiger partial charge in [-0.1, -0.05) is 29.8 Å². The highest BCUT2D eigenvalue weighted by Gasteiger charge is 2.29. The Hall–Kier alpha value is -3.72. The lowest BCUT2D eigenvalue weighted by atomic mass is 10.2. The first kappa shape index (κ1) is 25.9. The summed E-state index contributed by atoms with van der Waals surface area (Å²) in [6.45, 7) is 3.57. The van der Waals surface area contributed by atoms with E-state index >= 15 is 0 Å². The first-order valence-corrected chi connectivity index (χ1v) is 12.5. The molecule has 1 unspecified atom stereocenters. The van der Waals surface area contributed by atoms with Gasteiger partial charge in [-0.2, -0.15) is 0 Å². The fraction of sp³-hybridized carbons (Fsp3) is 0.269. The average molecular weight is 499 g/mol. The van der Waals surface area contributed by atoms with Crippen molar-refractivity contribution in [2.45, 2.75) is 24.8 Å². The highest BCUT2D eigenvalue weighted by molar-refractivity contribution is 7.92. The van der Waals surface area contributed by atoms with E-state index in [0.29, 0.717) is 17.2 Å². The van der Waals surface area contributed by atoms with Crippen LogP contribution in [0.2, 0.25) is 0 Å². The van der Waals surface area contributed by atoms with E-state index in [0.717, 1.165) is 9.87 Å². The van der Waals surface area contributed by atoms with E-state index in [1.165, 1.54) is 26.4 Å². The number of hydrogen-bond donors (Lipinski definition) is 1. The number of nitrogens with one attached hydrogen (secondary N) is 1. The zero-order chi connectivity index (χ0) is 25.4. The molecule has 1 atom stereocenters. The molecule has 9 heteroatoms. The zero-order valence-electron chi connectivity index (χ0n) is 20.2. The van der Waals surface area contributed by atoms with E-state index in [-0.39, 0.29) is 23.2 Å². The van der Waals surface area contributed by atoms with Crippen LogP contribution < -0.4 is 23.8 Å². The number of anilines is 1. The molecule has 1 N–H and O–H groups in total. The van der Waals surface area contributed by atoms with Gasteiger partial charge in [0.25, 0.3) is 10.0 Å². The molecule has 3 aromatic rings. The summed E-state index contributed by atoms with van der Waals surface area (Å²) in [5.41, 5.74) is 1.37. The maximum atomic E-state index is 13.6. The van der Waals surface area contributed by atoms with Gasteiger partial charge in [-0.15, -0.1) is 0 Å². The Labute approximate surface area is 206 Å². The monoisotopic (exact) mass is 498 g/mol. The predicted molar refractivity (Wildman–Crippen MR) is 135 cm³/mol. The van der Waals surface area contributed by atoms with Crippen LogP contribution in [0, 0.1) is 6.92 Å². The molecule has 0 spiro atoms. The summed E-state index contributed by atoms with van der Waals surface area (Å²) >= 11 is 0. The van der Waals surface area contributed by atoms with Gasteiger partial charge in [0, 0.05) is 0 Å². The topological polar surface area (TPSA) is 94.2 Å². The summed E-state index contributed by atoms with van der Waals surface area (Å²) in [5, 5.41) is 2.81. The van der Waals surface area contributed by atoms with E-state index < -0.39 is 22.5 Å². The van der Waals surface area contributed by atoms with Crippen LogP contribution in [0.25, 0.3) is 0 Å². The second-order valence-electron chi connectivity index (χ2n) is 7.95.